The van der Waals surface area contributed by atoms with E-state index in [0.717, 1.165) is 25.9 Å². The number of hydrogen-bond acceptors (Lipinski definition) is 2. The van der Waals surface area contributed by atoms with E-state index in [0.29, 0.717) is 6.04 Å². The van der Waals surface area contributed by atoms with Crippen LogP contribution in [0.1, 0.15) is 33.6 Å². The van der Waals surface area contributed by atoms with E-state index < -0.39 is 0 Å². The quantitative estimate of drug-likeness (QED) is 0.635. The van der Waals surface area contributed by atoms with Crippen LogP contribution in [0.5, 0.6) is 0 Å². The van der Waals surface area contributed by atoms with Crippen molar-refractivity contribution in [3.63, 3.8) is 0 Å². The van der Waals surface area contributed by atoms with E-state index in [1.807, 2.05) is 20.8 Å². The number of carbonyl (C=O) groups excluding carboxylic acids is 1. The highest BCUT2D eigenvalue weighted by molar-refractivity contribution is 5.81. The monoisotopic (exact) mass is 184 g/mol. The standard InChI is InChI=1S/C10H20N2O/c1-10(2,3)9(13)12-8-5-4-6-11-7-8/h8,11H,4-7H2,1-3H3,(H,12,13)/t8-/m0/s1. The number of carbonyl (C=O) groups is 1. The van der Waals surface area contributed by atoms with Gasteiger partial charge in [0.15, 0.2) is 0 Å². The molecular weight excluding hydrogens is 164 g/mol. The molecule has 0 radical (unpaired) electrons. The second-order valence-corrected chi connectivity index (χ2v) is 4.77. The predicted molar refractivity (Wildman–Crippen MR) is 53.5 cm³/mol. The van der Waals surface area contributed by atoms with Crippen LogP contribution in [0.25, 0.3) is 0 Å². The average molecular weight is 184 g/mol. The van der Waals surface area contributed by atoms with Gasteiger partial charge < -0.3 is 10.6 Å². The van der Waals surface area contributed by atoms with Crippen LogP contribution in [0.2, 0.25) is 0 Å². The highest BCUT2D eigenvalue weighted by Gasteiger charge is 2.24. The summed E-state index contributed by atoms with van der Waals surface area (Å²) in [5.74, 6) is 0.154. The first kappa shape index (κ1) is 10.5. The normalized spacial score (nSPS) is 24.1. The van der Waals surface area contributed by atoms with Gasteiger partial charge in [-0.25, -0.2) is 0 Å². The van der Waals surface area contributed by atoms with E-state index in [4.69, 9.17) is 0 Å². The minimum absolute atomic E-state index is 0.154. The fraction of sp³-hybridized carbons (Fsp3) is 0.900. The molecule has 3 heteroatoms. The van der Waals surface area contributed by atoms with Crippen molar-refractivity contribution < 1.29 is 4.79 Å². The van der Waals surface area contributed by atoms with Crippen LogP contribution in [0.15, 0.2) is 0 Å². The summed E-state index contributed by atoms with van der Waals surface area (Å²) >= 11 is 0. The topological polar surface area (TPSA) is 41.1 Å². The first-order valence-electron chi connectivity index (χ1n) is 5.02. The lowest BCUT2D eigenvalue weighted by Gasteiger charge is -2.27. The molecule has 1 heterocycles. The van der Waals surface area contributed by atoms with Crippen molar-refractivity contribution in [1.82, 2.24) is 10.6 Å². The van der Waals surface area contributed by atoms with Crippen LogP contribution in [0.4, 0.5) is 0 Å². The summed E-state index contributed by atoms with van der Waals surface area (Å²) in [5.41, 5.74) is -0.266. The van der Waals surface area contributed by atoms with Gasteiger partial charge in [0.25, 0.3) is 0 Å². The maximum Gasteiger partial charge on any atom is 0.225 e. The minimum atomic E-state index is -0.266. The van der Waals surface area contributed by atoms with Crippen molar-refractivity contribution in [2.24, 2.45) is 5.41 Å². The minimum Gasteiger partial charge on any atom is -0.352 e. The van der Waals surface area contributed by atoms with Gasteiger partial charge in [0, 0.05) is 18.0 Å². The van der Waals surface area contributed by atoms with E-state index in [-0.39, 0.29) is 11.3 Å². The van der Waals surface area contributed by atoms with Gasteiger partial charge in [-0.15, -0.1) is 0 Å². The molecule has 0 aliphatic carbocycles. The number of hydrogen-bond donors (Lipinski definition) is 2. The molecule has 1 fully saturated rings. The molecule has 1 amide bonds. The predicted octanol–water partition coefficient (Wildman–Crippen LogP) is 0.901. The Kier molecular flexibility index (Phi) is 3.31. The molecule has 0 aromatic rings. The number of nitrogens with one attached hydrogen (secondary N) is 2. The maximum atomic E-state index is 11.6. The van der Waals surface area contributed by atoms with Gasteiger partial charge in [-0.3, -0.25) is 4.79 Å². The van der Waals surface area contributed by atoms with Crippen molar-refractivity contribution in [1.29, 1.82) is 0 Å². The smallest absolute Gasteiger partial charge is 0.225 e. The highest BCUT2D eigenvalue weighted by atomic mass is 16.2. The number of rotatable bonds is 1. The van der Waals surface area contributed by atoms with Gasteiger partial charge >= 0.3 is 0 Å². The summed E-state index contributed by atoms with van der Waals surface area (Å²) in [6, 6.07) is 0.334. The van der Waals surface area contributed by atoms with Gasteiger partial charge in [-0.2, -0.15) is 0 Å². The molecule has 1 saturated heterocycles. The Labute approximate surface area is 80.3 Å². The largest absolute Gasteiger partial charge is 0.352 e. The summed E-state index contributed by atoms with van der Waals surface area (Å²) in [5, 5.41) is 6.33. The summed E-state index contributed by atoms with van der Waals surface area (Å²) in [6.45, 7) is 7.83. The second-order valence-electron chi connectivity index (χ2n) is 4.77. The van der Waals surface area contributed by atoms with E-state index in [1.54, 1.807) is 0 Å². The average Bonchev–Trinajstić information content (AvgIpc) is 2.04. The Morgan fingerprint density at radius 2 is 2.15 bits per heavy atom. The third kappa shape index (κ3) is 3.35. The van der Waals surface area contributed by atoms with Crippen LogP contribution in [-0.2, 0) is 4.79 Å². The van der Waals surface area contributed by atoms with Crippen LogP contribution >= 0.6 is 0 Å². The van der Waals surface area contributed by atoms with Crippen LogP contribution in [-0.4, -0.2) is 25.0 Å². The van der Waals surface area contributed by atoms with Gasteiger partial charge in [-0.1, -0.05) is 20.8 Å². The molecule has 1 aliphatic rings. The summed E-state index contributed by atoms with van der Waals surface area (Å²) in [6.07, 6.45) is 2.27. The van der Waals surface area contributed by atoms with Crippen molar-refractivity contribution in [3.05, 3.63) is 0 Å². The third-order valence-electron chi connectivity index (χ3n) is 2.31. The molecule has 0 spiro atoms. The molecule has 1 atom stereocenters. The number of amides is 1. The number of piperidine rings is 1. The Bertz CT molecular complexity index is 178. The summed E-state index contributed by atoms with van der Waals surface area (Å²) in [4.78, 5) is 11.6. The van der Waals surface area contributed by atoms with Gasteiger partial charge in [0.1, 0.15) is 0 Å². The molecule has 0 aromatic heterocycles. The van der Waals surface area contributed by atoms with Crippen LogP contribution in [0, 0.1) is 5.41 Å². The van der Waals surface area contributed by atoms with E-state index in [2.05, 4.69) is 10.6 Å². The SMILES string of the molecule is CC(C)(C)C(=O)N[C@H]1CCCNC1. The van der Waals surface area contributed by atoms with Gasteiger partial charge in [0.2, 0.25) is 5.91 Å². The zero-order chi connectivity index (χ0) is 9.90. The lowest BCUT2D eigenvalue weighted by molar-refractivity contribution is -0.129. The second kappa shape index (κ2) is 4.09. The molecule has 0 bridgehead atoms. The first-order valence-corrected chi connectivity index (χ1v) is 5.02. The Morgan fingerprint density at radius 1 is 1.46 bits per heavy atom. The zero-order valence-corrected chi connectivity index (χ0v) is 8.81. The van der Waals surface area contributed by atoms with Crippen molar-refractivity contribution in [2.75, 3.05) is 13.1 Å². The molecule has 0 unspecified atom stereocenters. The lowest BCUT2D eigenvalue weighted by atomic mass is 9.94. The lowest BCUT2D eigenvalue weighted by Crippen LogP contribution is -2.48. The van der Waals surface area contributed by atoms with E-state index in [9.17, 15) is 4.79 Å². The van der Waals surface area contributed by atoms with Crippen molar-refractivity contribution >= 4 is 5.91 Å². The molecule has 2 N–H and O–H groups in total. The fourth-order valence-electron chi connectivity index (χ4n) is 1.38. The van der Waals surface area contributed by atoms with Crippen molar-refractivity contribution in [3.8, 4) is 0 Å². The molecular formula is C10H20N2O. The Balaban J connectivity index is 2.35. The molecule has 1 aliphatic heterocycles. The van der Waals surface area contributed by atoms with Gasteiger partial charge in [-0.05, 0) is 19.4 Å². The first-order chi connectivity index (χ1) is 6.00. The summed E-state index contributed by atoms with van der Waals surface area (Å²) in [7, 11) is 0. The third-order valence-corrected chi connectivity index (χ3v) is 2.31. The summed E-state index contributed by atoms with van der Waals surface area (Å²) < 4.78 is 0. The molecule has 0 saturated carbocycles. The van der Waals surface area contributed by atoms with Crippen molar-refractivity contribution in [2.45, 2.75) is 39.7 Å². The molecule has 0 aromatic carbocycles. The molecule has 3 nitrogen and oxygen atoms in total. The molecule has 13 heavy (non-hydrogen) atoms. The maximum absolute atomic E-state index is 11.6. The van der Waals surface area contributed by atoms with Crippen LogP contribution < -0.4 is 10.6 Å². The molecule has 1 rings (SSSR count). The van der Waals surface area contributed by atoms with E-state index >= 15 is 0 Å². The Hall–Kier alpha value is -0.570. The van der Waals surface area contributed by atoms with Crippen LogP contribution in [0.3, 0.4) is 0 Å². The van der Waals surface area contributed by atoms with Gasteiger partial charge in [0.05, 0.1) is 0 Å². The zero-order valence-electron chi connectivity index (χ0n) is 8.81. The fourth-order valence-corrected chi connectivity index (χ4v) is 1.38. The molecule has 76 valence electrons. The highest BCUT2D eigenvalue weighted by Crippen LogP contribution is 2.13. The van der Waals surface area contributed by atoms with E-state index in [1.165, 1.54) is 0 Å². The Morgan fingerprint density at radius 3 is 2.62 bits per heavy atom.